The van der Waals surface area contributed by atoms with Gasteiger partial charge in [-0.3, -0.25) is 4.79 Å². The van der Waals surface area contributed by atoms with Crippen molar-refractivity contribution in [2.75, 3.05) is 6.61 Å². The van der Waals surface area contributed by atoms with Crippen LogP contribution in [0.3, 0.4) is 0 Å². The molecule has 2 unspecified atom stereocenters. The van der Waals surface area contributed by atoms with Crippen molar-refractivity contribution in [1.82, 2.24) is 0 Å². The molecule has 0 aliphatic heterocycles. The minimum Gasteiger partial charge on any atom is -0.491 e. The summed E-state index contributed by atoms with van der Waals surface area (Å²) in [6.07, 6.45) is 5.23. The highest BCUT2D eigenvalue weighted by Crippen LogP contribution is 2.44. The van der Waals surface area contributed by atoms with E-state index in [1.807, 2.05) is 19.9 Å². The van der Waals surface area contributed by atoms with Crippen LogP contribution in [0.1, 0.15) is 93.1 Å². The molecule has 1 aliphatic rings. The van der Waals surface area contributed by atoms with E-state index in [4.69, 9.17) is 18.3 Å². The monoisotopic (exact) mass is 728 g/mol. The molecule has 1 aliphatic carbocycles. The zero-order valence-electron chi connectivity index (χ0n) is 31.9. The Balaban J connectivity index is 2.36. The van der Waals surface area contributed by atoms with Gasteiger partial charge in [-0.25, -0.2) is 0 Å². The fourth-order valence-electron chi connectivity index (χ4n) is 5.30. The molecule has 1 N–H and O–H groups in total. The maximum absolute atomic E-state index is 13.4. The summed E-state index contributed by atoms with van der Waals surface area (Å²) in [5.41, 5.74) is -0.764. The van der Waals surface area contributed by atoms with Crippen LogP contribution in [0.25, 0.3) is 0 Å². The van der Waals surface area contributed by atoms with Crippen LogP contribution in [-0.2, 0) is 24.6 Å². The summed E-state index contributed by atoms with van der Waals surface area (Å²) in [7, 11) is -4.50. The number of hydrogen-bond donors (Lipinski definition) is 1. The Kier molecular flexibility index (Phi) is 15.5. The highest BCUT2D eigenvalue weighted by molar-refractivity contribution is 6.74. The molecule has 0 aromatic heterocycles. The van der Waals surface area contributed by atoms with Gasteiger partial charge in [-0.05, 0) is 99.9 Å². The van der Waals surface area contributed by atoms with Gasteiger partial charge in [0.2, 0.25) is 0 Å². The first kappa shape index (κ1) is 43.2. The molecule has 0 spiro atoms. The van der Waals surface area contributed by atoms with Gasteiger partial charge in [-0.2, -0.15) is 13.2 Å². The van der Waals surface area contributed by atoms with Crippen LogP contribution in [0.4, 0.5) is 13.2 Å². The lowest BCUT2D eigenvalue weighted by molar-refractivity contribution is -0.147. The van der Waals surface area contributed by atoms with E-state index >= 15 is 0 Å². The fraction of sp³-hybridized carbons (Fsp3) is 0.711. The van der Waals surface area contributed by atoms with Crippen LogP contribution in [0, 0.1) is 11.8 Å². The molecular formula is C38H63F3O6Si2. The van der Waals surface area contributed by atoms with Crippen molar-refractivity contribution < 1.29 is 41.4 Å². The number of hydrogen-bond acceptors (Lipinski definition) is 6. The highest BCUT2D eigenvalue weighted by Gasteiger charge is 2.47. The van der Waals surface area contributed by atoms with E-state index in [0.717, 1.165) is 18.6 Å². The smallest absolute Gasteiger partial charge is 0.416 e. The summed E-state index contributed by atoms with van der Waals surface area (Å²) in [6.45, 7) is 25.4. The van der Waals surface area contributed by atoms with E-state index in [0.29, 0.717) is 25.7 Å². The predicted molar refractivity (Wildman–Crippen MR) is 197 cm³/mol. The molecule has 2 rings (SSSR count). The highest BCUT2D eigenvalue weighted by atomic mass is 28.4. The number of aliphatic hydroxyl groups excluding tert-OH is 1. The number of ether oxygens (including phenoxy) is 2. The molecule has 11 heteroatoms. The molecule has 49 heavy (non-hydrogen) atoms. The Hall–Kier alpha value is -1.93. The Bertz CT molecular complexity index is 1250. The molecule has 0 amide bonds. The average molecular weight is 729 g/mol. The van der Waals surface area contributed by atoms with Crippen LogP contribution >= 0.6 is 0 Å². The number of esters is 1. The number of rotatable bonds is 16. The van der Waals surface area contributed by atoms with Crippen LogP contribution in [0.15, 0.2) is 48.6 Å². The lowest BCUT2D eigenvalue weighted by Crippen LogP contribution is -2.45. The molecule has 0 saturated heterocycles. The van der Waals surface area contributed by atoms with Gasteiger partial charge >= 0.3 is 12.1 Å². The number of aliphatic hydroxyl groups is 1. The number of alkyl halides is 3. The minimum absolute atomic E-state index is 0.0201. The predicted octanol–water partition coefficient (Wildman–Crippen LogP) is 10.5. The first-order valence-corrected chi connectivity index (χ1v) is 23.5. The van der Waals surface area contributed by atoms with E-state index in [1.165, 1.54) is 12.1 Å². The van der Waals surface area contributed by atoms with Crippen molar-refractivity contribution in [2.24, 2.45) is 11.8 Å². The summed E-state index contributed by atoms with van der Waals surface area (Å²) < 4.78 is 65.0. The Morgan fingerprint density at radius 2 is 1.63 bits per heavy atom. The van der Waals surface area contributed by atoms with E-state index in [9.17, 15) is 23.1 Å². The third-order valence-corrected chi connectivity index (χ3v) is 19.2. The molecule has 1 fully saturated rings. The number of benzene rings is 1. The zero-order chi connectivity index (χ0) is 37.4. The van der Waals surface area contributed by atoms with Gasteiger partial charge in [0.05, 0.1) is 30.0 Å². The number of carbonyl (C=O) groups is 1. The van der Waals surface area contributed by atoms with Crippen molar-refractivity contribution in [3.63, 3.8) is 0 Å². The Morgan fingerprint density at radius 1 is 1.00 bits per heavy atom. The van der Waals surface area contributed by atoms with E-state index in [-0.39, 0.29) is 52.4 Å². The largest absolute Gasteiger partial charge is 0.491 e. The second kappa shape index (κ2) is 17.5. The third kappa shape index (κ3) is 13.6. The normalized spacial score (nSPS) is 22.0. The van der Waals surface area contributed by atoms with Gasteiger partial charge in [0.1, 0.15) is 12.4 Å². The topological polar surface area (TPSA) is 74.2 Å². The van der Waals surface area contributed by atoms with E-state index < -0.39 is 40.6 Å². The van der Waals surface area contributed by atoms with Crippen LogP contribution in [0.5, 0.6) is 5.75 Å². The molecule has 6 nitrogen and oxygen atoms in total. The van der Waals surface area contributed by atoms with Gasteiger partial charge in [-0.15, -0.1) is 0 Å². The summed E-state index contributed by atoms with van der Waals surface area (Å²) >= 11 is 0. The second-order valence-corrected chi connectivity index (χ2v) is 26.2. The van der Waals surface area contributed by atoms with E-state index in [1.54, 1.807) is 0 Å². The second-order valence-electron chi connectivity index (χ2n) is 16.7. The van der Waals surface area contributed by atoms with Gasteiger partial charge in [-0.1, -0.05) is 71.9 Å². The van der Waals surface area contributed by atoms with Crippen LogP contribution < -0.4 is 4.74 Å². The van der Waals surface area contributed by atoms with Gasteiger partial charge in [0, 0.05) is 12.3 Å². The summed E-state index contributed by atoms with van der Waals surface area (Å²) in [5.74, 6) is -0.292. The SMILES string of the molecule is CC(C)OC(=O)CCCC=CC[C@H]1[C@@H](O)CC(O[Si](C)(C)C(C)(C)C)[C@@H]1C=CC(COc1cccc(C(F)(F)F)c1)O[Si](C)(C)C(C)(C)C. The standard InChI is InChI=1S/C38H63F3O6Si2/c1-27(2)45-35(43)21-16-14-13-15-20-31-32(34(25-33(31)42)47-49(11,12)37(6,7)8)23-22-30(46-48(9,10)36(3,4)5)26-44-29-19-17-18-28(24-29)38(39,40)41/h13,15,17-19,22-24,27,30-34,42H,14,16,20-21,25-26H2,1-12H3/t30?,31-,32-,33+,34?/m1/s1. The average Bonchev–Trinajstić information content (AvgIpc) is 3.22. The lowest BCUT2D eigenvalue weighted by atomic mass is 9.89. The third-order valence-electron chi connectivity index (χ3n) is 10.2. The van der Waals surface area contributed by atoms with Crippen molar-refractivity contribution >= 4 is 22.6 Å². The fourth-order valence-corrected chi connectivity index (χ4v) is 7.92. The number of allylic oxidation sites excluding steroid dienone is 2. The number of carbonyl (C=O) groups excluding carboxylic acids is 1. The first-order chi connectivity index (χ1) is 22.3. The van der Waals surface area contributed by atoms with Gasteiger partial charge < -0.3 is 23.4 Å². The van der Waals surface area contributed by atoms with Crippen LogP contribution in [0.2, 0.25) is 36.3 Å². The zero-order valence-corrected chi connectivity index (χ0v) is 33.9. The first-order valence-electron chi connectivity index (χ1n) is 17.7. The van der Waals surface area contributed by atoms with Crippen molar-refractivity contribution in [3.05, 3.63) is 54.1 Å². The summed E-state index contributed by atoms with van der Waals surface area (Å²) in [4.78, 5) is 11.9. The summed E-state index contributed by atoms with van der Waals surface area (Å²) in [6, 6.07) is 4.91. The van der Waals surface area contributed by atoms with E-state index in [2.05, 4.69) is 86.0 Å². The molecule has 0 heterocycles. The Labute approximate surface area is 296 Å². The van der Waals surface area contributed by atoms with Crippen LogP contribution in [-0.4, -0.2) is 58.7 Å². The molecule has 0 bridgehead atoms. The van der Waals surface area contributed by atoms with Gasteiger partial charge in [0.15, 0.2) is 16.6 Å². The molecular weight excluding hydrogens is 666 g/mol. The van der Waals surface area contributed by atoms with Crippen molar-refractivity contribution in [1.29, 1.82) is 0 Å². The quantitative estimate of drug-likeness (QED) is 0.0791. The number of unbranched alkanes of at least 4 members (excludes halogenated alkanes) is 1. The molecule has 280 valence electrons. The Morgan fingerprint density at radius 3 is 2.20 bits per heavy atom. The van der Waals surface area contributed by atoms with Gasteiger partial charge in [0.25, 0.3) is 0 Å². The number of halogens is 3. The lowest BCUT2D eigenvalue weighted by Gasteiger charge is -2.40. The van der Waals surface area contributed by atoms with Crippen molar-refractivity contribution in [2.45, 2.75) is 154 Å². The minimum atomic E-state index is -4.47. The maximum Gasteiger partial charge on any atom is 0.416 e. The summed E-state index contributed by atoms with van der Waals surface area (Å²) in [5, 5.41) is 11.2. The maximum atomic E-state index is 13.4. The molecule has 1 aromatic rings. The molecule has 1 saturated carbocycles. The van der Waals surface area contributed by atoms with Crippen molar-refractivity contribution in [3.8, 4) is 5.75 Å². The molecule has 1 aromatic carbocycles. The molecule has 5 atom stereocenters. The molecule has 0 radical (unpaired) electrons.